The summed E-state index contributed by atoms with van der Waals surface area (Å²) < 4.78 is 5.30. The zero-order valence-electron chi connectivity index (χ0n) is 10.7. The number of hydrogen-bond acceptors (Lipinski definition) is 5. The van der Waals surface area contributed by atoms with Crippen LogP contribution in [-0.4, -0.2) is 26.5 Å². The van der Waals surface area contributed by atoms with Crippen molar-refractivity contribution in [3.05, 3.63) is 41.9 Å². The number of ether oxygens (including phenoxy) is 1. The predicted molar refractivity (Wildman–Crippen MR) is 76.7 cm³/mol. The summed E-state index contributed by atoms with van der Waals surface area (Å²) in [5, 5.41) is 2.14. The molecule has 0 radical (unpaired) electrons. The van der Waals surface area contributed by atoms with Crippen LogP contribution in [0.3, 0.4) is 0 Å². The van der Waals surface area contributed by atoms with Gasteiger partial charge in [-0.05, 0) is 30.0 Å². The van der Waals surface area contributed by atoms with E-state index in [1.54, 1.807) is 12.4 Å². The van der Waals surface area contributed by atoms with Crippen molar-refractivity contribution in [3.8, 4) is 17.4 Å². The molecule has 0 bridgehead atoms. The first-order valence-electron chi connectivity index (χ1n) is 6.15. The normalized spacial score (nSPS) is 10.7. The zero-order chi connectivity index (χ0) is 13.9. The fraction of sp³-hybridized carbons (Fsp3) is 0.143. The quantitative estimate of drug-likeness (QED) is 0.740. The van der Waals surface area contributed by atoms with Gasteiger partial charge in [-0.2, -0.15) is 15.0 Å². The molecular formula is C14H11ClN4O. The molecule has 100 valence electrons. The third kappa shape index (κ3) is 2.40. The van der Waals surface area contributed by atoms with E-state index in [1.807, 2.05) is 31.2 Å². The van der Waals surface area contributed by atoms with Crippen molar-refractivity contribution >= 4 is 22.4 Å². The van der Waals surface area contributed by atoms with Gasteiger partial charge in [0.2, 0.25) is 5.28 Å². The molecule has 20 heavy (non-hydrogen) atoms. The summed E-state index contributed by atoms with van der Waals surface area (Å²) >= 11 is 5.93. The zero-order valence-corrected chi connectivity index (χ0v) is 11.5. The highest BCUT2D eigenvalue weighted by molar-refractivity contribution is 6.28. The van der Waals surface area contributed by atoms with Gasteiger partial charge in [0, 0.05) is 23.3 Å². The Labute approximate surface area is 120 Å². The van der Waals surface area contributed by atoms with Gasteiger partial charge in [-0.15, -0.1) is 0 Å². The van der Waals surface area contributed by atoms with Gasteiger partial charge in [0.25, 0.3) is 0 Å². The molecule has 0 N–H and O–H groups in total. The Kier molecular flexibility index (Phi) is 3.43. The average molecular weight is 287 g/mol. The second kappa shape index (κ2) is 5.38. The number of hydrogen-bond donors (Lipinski definition) is 0. The molecule has 0 saturated heterocycles. The third-order valence-electron chi connectivity index (χ3n) is 2.78. The molecule has 3 aromatic rings. The lowest BCUT2D eigenvalue weighted by atomic mass is 10.1. The number of halogens is 1. The van der Waals surface area contributed by atoms with Crippen LogP contribution in [0.15, 0.2) is 36.7 Å². The monoisotopic (exact) mass is 286 g/mol. The lowest BCUT2D eigenvalue weighted by Gasteiger charge is -2.07. The standard InChI is InChI=1S/C14H11ClN4O/c1-2-20-14-18-12(17-13(15)19-14)11-5-3-4-9-8-16-7-6-10(9)11/h3-8H,2H2,1H3. The van der Waals surface area contributed by atoms with Crippen LogP contribution in [0.25, 0.3) is 22.2 Å². The van der Waals surface area contributed by atoms with E-state index < -0.39 is 0 Å². The number of pyridine rings is 1. The average Bonchev–Trinajstić information content (AvgIpc) is 2.46. The molecule has 0 atom stereocenters. The maximum absolute atomic E-state index is 5.93. The first kappa shape index (κ1) is 12.7. The SMILES string of the molecule is CCOc1nc(Cl)nc(-c2cccc3cnccc23)n1. The van der Waals surface area contributed by atoms with Crippen LogP contribution in [0.2, 0.25) is 5.28 Å². The summed E-state index contributed by atoms with van der Waals surface area (Å²) in [7, 11) is 0. The smallest absolute Gasteiger partial charge is 0.321 e. The molecule has 2 heterocycles. The van der Waals surface area contributed by atoms with Crippen LogP contribution in [0.1, 0.15) is 6.92 Å². The molecule has 1 aromatic carbocycles. The Bertz CT molecular complexity index is 758. The van der Waals surface area contributed by atoms with E-state index in [4.69, 9.17) is 16.3 Å². The third-order valence-corrected chi connectivity index (χ3v) is 2.95. The Hall–Kier alpha value is -2.27. The molecule has 0 unspecified atom stereocenters. The number of aromatic nitrogens is 4. The molecule has 0 aliphatic heterocycles. The maximum atomic E-state index is 5.93. The number of benzene rings is 1. The summed E-state index contributed by atoms with van der Waals surface area (Å²) in [5.74, 6) is 0.491. The highest BCUT2D eigenvalue weighted by atomic mass is 35.5. The number of fused-ring (bicyclic) bond motifs is 1. The van der Waals surface area contributed by atoms with Crippen LogP contribution in [0.4, 0.5) is 0 Å². The molecule has 0 saturated carbocycles. The largest absolute Gasteiger partial charge is 0.464 e. The molecule has 2 aromatic heterocycles. The van der Waals surface area contributed by atoms with E-state index >= 15 is 0 Å². The number of rotatable bonds is 3. The first-order valence-corrected chi connectivity index (χ1v) is 6.53. The van der Waals surface area contributed by atoms with Gasteiger partial charge in [-0.1, -0.05) is 18.2 Å². The van der Waals surface area contributed by atoms with Crippen molar-refractivity contribution in [2.45, 2.75) is 6.92 Å². The highest BCUT2D eigenvalue weighted by Crippen LogP contribution is 2.26. The van der Waals surface area contributed by atoms with Gasteiger partial charge in [0.15, 0.2) is 5.82 Å². The summed E-state index contributed by atoms with van der Waals surface area (Å²) in [6, 6.07) is 8.00. The minimum Gasteiger partial charge on any atom is -0.464 e. The van der Waals surface area contributed by atoms with Crippen molar-refractivity contribution < 1.29 is 4.74 Å². The predicted octanol–water partition coefficient (Wildman–Crippen LogP) is 3.14. The fourth-order valence-electron chi connectivity index (χ4n) is 1.96. The minimum absolute atomic E-state index is 0.115. The second-order valence-electron chi connectivity index (χ2n) is 4.05. The van der Waals surface area contributed by atoms with Crippen LogP contribution in [0.5, 0.6) is 6.01 Å². The van der Waals surface area contributed by atoms with E-state index in [-0.39, 0.29) is 11.3 Å². The molecule has 0 fully saturated rings. The lowest BCUT2D eigenvalue weighted by molar-refractivity contribution is 0.312. The maximum Gasteiger partial charge on any atom is 0.321 e. The molecule has 0 aliphatic rings. The Morgan fingerprint density at radius 1 is 1.15 bits per heavy atom. The Morgan fingerprint density at radius 2 is 2.05 bits per heavy atom. The minimum atomic E-state index is 0.115. The van der Waals surface area contributed by atoms with Crippen molar-refractivity contribution in [3.63, 3.8) is 0 Å². The van der Waals surface area contributed by atoms with Crippen molar-refractivity contribution in [2.75, 3.05) is 6.61 Å². The molecule has 0 spiro atoms. The first-order chi connectivity index (χ1) is 9.78. The van der Waals surface area contributed by atoms with Crippen LogP contribution >= 0.6 is 11.6 Å². The van der Waals surface area contributed by atoms with E-state index in [0.717, 1.165) is 16.3 Å². The van der Waals surface area contributed by atoms with Gasteiger partial charge < -0.3 is 4.74 Å². The van der Waals surface area contributed by atoms with E-state index in [9.17, 15) is 0 Å². The molecule has 6 heteroatoms. The van der Waals surface area contributed by atoms with Gasteiger partial charge in [0.05, 0.1) is 6.61 Å². The summed E-state index contributed by atoms with van der Waals surface area (Å²) in [6.45, 7) is 2.33. The van der Waals surface area contributed by atoms with E-state index in [2.05, 4.69) is 19.9 Å². The van der Waals surface area contributed by atoms with Gasteiger partial charge >= 0.3 is 6.01 Å². The van der Waals surface area contributed by atoms with Crippen molar-refractivity contribution in [2.24, 2.45) is 0 Å². The molecule has 0 aliphatic carbocycles. The summed E-state index contributed by atoms with van der Waals surface area (Å²) in [5.41, 5.74) is 0.871. The van der Waals surface area contributed by atoms with Crippen LogP contribution in [-0.2, 0) is 0 Å². The molecule has 5 nitrogen and oxygen atoms in total. The summed E-state index contributed by atoms with van der Waals surface area (Å²) in [6.07, 6.45) is 3.53. The van der Waals surface area contributed by atoms with E-state index in [1.165, 1.54) is 0 Å². The second-order valence-corrected chi connectivity index (χ2v) is 4.38. The topological polar surface area (TPSA) is 60.8 Å². The van der Waals surface area contributed by atoms with Gasteiger partial charge in [0.1, 0.15) is 0 Å². The van der Waals surface area contributed by atoms with Crippen LogP contribution in [0, 0.1) is 0 Å². The number of nitrogens with zero attached hydrogens (tertiary/aromatic N) is 4. The van der Waals surface area contributed by atoms with Gasteiger partial charge in [-0.3, -0.25) is 4.98 Å². The van der Waals surface area contributed by atoms with Crippen molar-refractivity contribution in [1.82, 2.24) is 19.9 Å². The fourth-order valence-corrected chi connectivity index (χ4v) is 2.12. The molecular weight excluding hydrogens is 276 g/mol. The van der Waals surface area contributed by atoms with E-state index in [0.29, 0.717) is 12.4 Å². The Balaban J connectivity index is 2.20. The van der Waals surface area contributed by atoms with Crippen molar-refractivity contribution in [1.29, 1.82) is 0 Å². The van der Waals surface area contributed by atoms with Crippen LogP contribution < -0.4 is 4.74 Å². The Morgan fingerprint density at radius 3 is 2.90 bits per heavy atom. The highest BCUT2D eigenvalue weighted by Gasteiger charge is 2.10. The molecule has 0 amide bonds. The van der Waals surface area contributed by atoms with Gasteiger partial charge in [-0.25, -0.2) is 0 Å². The molecule has 3 rings (SSSR count). The lowest BCUT2D eigenvalue weighted by Crippen LogP contribution is -2.01. The summed E-state index contributed by atoms with van der Waals surface area (Å²) in [4.78, 5) is 16.5.